The molecule has 0 saturated carbocycles. The van der Waals surface area contributed by atoms with Crippen molar-refractivity contribution in [2.24, 2.45) is 5.92 Å². The molecule has 0 bridgehead atoms. The Labute approximate surface area is 197 Å². The molecule has 0 radical (unpaired) electrons. The van der Waals surface area contributed by atoms with Gasteiger partial charge in [0, 0.05) is 31.9 Å². The largest absolute Gasteiger partial charge is 0.495 e. The van der Waals surface area contributed by atoms with Crippen molar-refractivity contribution < 1.29 is 17.9 Å². The van der Waals surface area contributed by atoms with Gasteiger partial charge in [-0.05, 0) is 18.1 Å². The number of nitrogens with one attached hydrogen (secondary N) is 3. The number of morpholine rings is 1. The van der Waals surface area contributed by atoms with Crippen LogP contribution in [0.25, 0.3) is 11.0 Å². The fourth-order valence-corrected chi connectivity index (χ4v) is 5.13. The molecule has 12 heteroatoms. The fourth-order valence-electron chi connectivity index (χ4n) is 3.47. The van der Waals surface area contributed by atoms with E-state index in [2.05, 4.69) is 39.4 Å². The first-order valence-electron chi connectivity index (χ1n) is 10.6. The number of hydrogen-bond donors (Lipinski definition) is 3. The lowest BCUT2D eigenvalue weighted by Crippen LogP contribution is -2.40. The van der Waals surface area contributed by atoms with Crippen LogP contribution in [0, 0.1) is 5.92 Å². The predicted octanol–water partition coefficient (Wildman–Crippen LogP) is 3.45. The lowest BCUT2D eigenvalue weighted by atomic mass is 10.2. The summed E-state index contributed by atoms with van der Waals surface area (Å²) >= 11 is 6.32. The normalized spacial score (nSPS) is 15.2. The second-order valence-electron chi connectivity index (χ2n) is 8.03. The highest BCUT2D eigenvalue weighted by Gasteiger charge is 2.27. The minimum Gasteiger partial charge on any atom is -0.495 e. The molecule has 2 aromatic heterocycles. The van der Waals surface area contributed by atoms with Gasteiger partial charge in [0.2, 0.25) is 16.0 Å². The van der Waals surface area contributed by atoms with Crippen molar-refractivity contribution in [2.75, 3.05) is 50.6 Å². The van der Waals surface area contributed by atoms with Gasteiger partial charge in [-0.25, -0.2) is 8.42 Å². The van der Waals surface area contributed by atoms with Gasteiger partial charge in [-0.1, -0.05) is 25.4 Å². The molecule has 178 valence electrons. The van der Waals surface area contributed by atoms with Crippen molar-refractivity contribution in [1.82, 2.24) is 19.3 Å². The highest BCUT2D eigenvalue weighted by atomic mass is 35.5. The number of nitrogens with zero attached hydrogens (tertiary/aromatic N) is 3. The molecule has 1 saturated heterocycles. The molecule has 1 aliphatic heterocycles. The van der Waals surface area contributed by atoms with E-state index in [1.54, 1.807) is 12.3 Å². The summed E-state index contributed by atoms with van der Waals surface area (Å²) in [7, 11) is -2.17. The third-order valence-corrected chi connectivity index (χ3v) is 7.38. The summed E-state index contributed by atoms with van der Waals surface area (Å²) in [4.78, 5) is 12.3. The van der Waals surface area contributed by atoms with Crippen molar-refractivity contribution in [3.63, 3.8) is 0 Å². The lowest BCUT2D eigenvalue weighted by Gasteiger charge is -2.26. The topological polar surface area (TPSA) is 121 Å². The van der Waals surface area contributed by atoms with Crippen LogP contribution in [-0.4, -0.2) is 67.6 Å². The highest BCUT2D eigenvalue weighted by molar-refractivity contribution is 7.89. The number of H-pyrrole nitrogens is 1. The number of ether oxygens (including phenoxy) is 2. The molecule has 3 aromatic rings. The third kappa shape index (κ3) is 5.01. The molecule has 0 unspecified atom stereocenters. The molecule has 3 N–H and O–H groups in total. The van der Waals surface area contributed by atoms with Gasteiger partial charge in [0.05, 0.1) is 41.3 Å². The second kappa shape index (κ2) is 9.72. The van der Waals surface area contributed by atoms with Gasteiger partial charge in [0.15, 0.2) is 0 Å². The zero-order valence-corrected chi connectivity index (χ0v) is 20.3. The Morgan fingerprint density at radius 2 is 2.03 bits per heavy atom. The van der Waals surface area contributed by atoms with E-state index in [9.17, 15) is 8.42 Å². The van der Waals surface area contributed by atoms with Crippen molar-refractivity contribution in [1.29, 1.82) is 0 Å². The van der Waals surface area contributed by atoms with Crippen LogP contribution >= 0.6 is 11.6 Å². The van der Waals surface area contributed by atoms with Crippen molar-refractivity contribution >= 4 is 50.1 Å². The van der Waals surface area contributed by atoms with Gasteiger partial charge in [0.25, 0.3) is 0 Å². The third-order valence-electron chi connectivity index (χ3n) is 5.19. The summed E-state index contributed by atoms with van der Waals surface area (Å²) in [5, 5.41) is 7.68. The number of rotatable bonds is 8. The predicted molar refractivity (Wildman–Crippen MR) is 128 cm³/mol. The average molecular weight is 495 g/mol. The van der Waals surface area contributed by atoms with Crippen molar-refractivity contribution in [2.45, 2.75) is 18.7 Å². The van der Waals surface area contributed by atoms with E-state index in [1.165, 1.54) is 23.5 Å². The van der Waals surface area contributed by atoms with Gasteiger partial charge in [-0.3, -0.25) is 0 Å². The minimum absolute atomic E-state index is 0.151. The number of halogens is 1. The van der Waals surface area contributed by atoms with Crippen LogP contribution in [0.15, 0.2) is 29.3 Å². The van der Waals surface area contributed by atoms with E-state index in [1.807, 2.05) is 0 Å². The fraction of sp³-hybridized carbons (Fsp3) is 0.429. The number of hydrogen-bond acceptors (Lipinski definition) is 8. The zero-order chi connectivity index (χ0) is 23.6. The minimum atomic E-state index is -3.65. The first-order valence-corrected chi connectivity index (χ1v) is 12.4. The summed E-state index contributed by atoms with van der Waals surface area (Å²) in [6.45, 7) is 6.32. The number of anilines is 3. The average Bonchev–Trinajstić information content (AvgIpc) is 3.18. The number of aromatic nitrogens is 3. The summed E-state index contributed by atoms with van der Waals surface area (Å²) < 4.78 is 38.1. The summed E-state index contributed by atoms with van der Waals surface area (Å²) in [5.74, 6) is 1.68. The second-order valence-corrected chi connectivity index (χ2v) is 10.4. The zero-order valence-electron chi connectivity index (χ0n) is 18.7. The Bertz CT molecular complexity index is 1240. The van der Waals surface area contributed by atoms with E-state index in [0.717, 1.165) is 0 Å². The van der Waals surface area contributed by atoms with E-state index < -0.39 is 10.0 Å². The maximum Gasteiger partial charge on any atom is 0.243 e. The van der Waals surface area contributed by atoms with Crippen LogP contribution in [0.2, 0.25) is 5.02 Å². The van der Waals surface area contributed by atoms with Crippen molar-refractivity contribution in [3.8, 4) is 5.75 Å². The summed E-state index contributed by atoms with van der Waals surface area (Å²) in [6, 6.07) is 4.68. The monoisotopic (exact) mass is 494 g/mol. The van der Waals surface area contributed by atoms with E-state index in [4.69, 9.17) is 21.1 Å². The molecule has 33 heavy (non-hydrogen) atoms. The van der Waals surface area contributed by atoms with E-state index in [0.29, 0.717) is 78.0 Å². The van der Waals surface area contributed by atoms with Crippen molar-refractivity contribution in [3.05, 3.63) is 29.4 Å². The van der Waals surface area contributed by atoms with Gasteiger partial charge in [-0.2, -0.15) is 14.3 Å². The molecule has 0 spiro atoms. The maximum atomic E-state index is 13.0. The Morgan fingerprint density at radius 1 is 1.27 bits per heavy atom. The van der Waals surface area contributed by atoms with Gasteiger partial charge >= 0.3 is 0 Å². The Kier molecular flexibility index (Phi) is 6.94. The van der Waals surface area contributed by atoms with Crippen LogP contribution in [0.4, 0.5) is 17.5 Å². The van der Waals surface area contributed by atoms with E-state index in [-0.39, 0.29) is 4.90 Å². The van der Waals surface area contributed by atoms with Gasteiger partial charge < -0.3 is 25.1 Å². The lowest BCUT2D eigenvalue weighted by molar-refractivity contribution is 0.0730. The van der Waals surface area contributed by atoms with Crippen LogP contribution in [0.1, 0.15) is 13.8 Å². The van der Waals surface area contributed by atoms with Crippen LogP contribution < -0.4 is 15.4 Å². The van der Waals surface area contributed by atoms with Crippen LogP contribution in [0.3, 0.4) is 0 Å². The molecule has 1 fully saturated rings. The SMILES string of the molecule is COc1cc(S(=O)(=O)N2CCOCC2)ccc1Nc1nc(NCC(C)C)c2c(Cl)c[nH]c2n1. The molecule has 0 aliphatic carbocycles. The number of sulfonamides is 1. The number of benzene rings is 1. The molecule has 1 aliphatic rings. The molecule has 0 amide bonds. The van der Waals surface area contributed by atoms with Gasteiger partial charge in [0.1, 0.15) is 17.2 Å². The van der Waals surface area contributed by atoms with Crippen LogP contribution in [-0.2, 0) is 14.8 Å². The summed E-state index contributed by atoms with van der Waals surface area (Å²) in [6.07, 6.45) is 1.66. The first kappa shape index (κ1) is 23.6. The Morgan fingerprint density at radius 3 is 2.73 bits per heavy atom. The molecule has 1 aromatic carbocycles. The Hall–Kier alpha value is -2.60. The number of methoxy groups -OCH3 is 1. The molecular weight excluding hydrogens is 468 g/mol. The highest BCUT2D eigenvalue weighted by Crippen LogP contribution is 2.33. The maximum absolute atomic E-state index is 13.0. The van der Waals surface area contributed by atoms with Crippen LogP contribution in [0.5, 0.6) is 5.75 Å². The molecular formula is C21H27ClN6O4S. The number of fused-ring (bicyclic) bond motifs is 1. The van der Waals surface area contributed by atoms with E-state index >= 15 is 0 Å². The Balaban J connectivity index is 1.65. The summed E-state index contributed by atoms with van der Waals surface area (Å²) in [5.41, 5.74) is 1.11. The van der Waals surface area contributed by atoms with Gasteiger partial charge in [-0.15, -0.1) is 0 Å². The smallest absolute Gasteiger partial charge is 0.243 e. The molecule has 0 atom stereocenters. The molecule has 3 heterocycles. The molecule has 10 nitrogen and oxygen atoms in total. The number of aromatic amines is 1. The molecule has 4 rings (SSSR count). The first-order chi connectivity index (χ1) is 15.8. The standard InChI is InChI=1S/C21H27ClN6O4S/c1-13(2)11-23-19-18-15(22)12-24-20(18)27-21(26-19)25-16-5-4-14(10-17(16)31-3)33(29,30)28-6-8-32-9-7-28/h4-5,10,12-13H,6-9,11H2,1-3H3,(H3,23,24,25,26,27). The quantitative estimate of drug-likeness (QED) is 0.435.